The van der Waals surface area contributed by atoms with Crippen LogP contribution in [0.5, 0.6) is 0 Å². The van der Waals surface area contributed by atoms with Gasteiger partial charge < -0.3 is 10.6 Å². The quantitative estimate of drug-likeness (QED) is 0.897. The van der Waals surface area contributed by atoms with Crippen LogP contribution in [0.25, 0.3) is 0 Å². The maximum Gasteiger partial charge on any atom is 0.319 e. The Kier molecular flexibility index (Phi) is 4.55. The SMILES string of the molecule is Cc1ccc(NC(=O)NC[C@H]2CCS(=O)(=O)C2)cc1Cl. The van der Waals surface area contributed by atoms with Crippen molar-refractivity contribution in [3.05, 3.63) is 28.8 Å². The highest BCUT2D eigenvalue weighted by Gasteiger charge is 2.27. The molecule has 5 nitrogen and oxygen atoms in total. The molecule has 2 N–H and O–H groups in total. The summed E-state index contributed by atoms with van der Waals surface area (Å²) in [6.07, 6.45) is 0.610. The van der Waals surface area contributed by atoms with Gasteiger partial charge in [0.25, 0.3) is 0 Å². The van der Waals surface area contributed by atoms with Crippen LogP contribution >= 0.6 is 11.6 Å². The first-order valence-corrected chi connectivity index (χ1v) is 8.57. The molecule has 0 bridgehead atoms. The average molecular weight is 317 g/mol. The molecule has 2 rings (SSSR count). The van der Waals surface area contributed by atoms with E-state index in [9.17, 15) is 13.2 Å². The summed E-state index contributed by atoms with van der Waals surface area (Å²) in [5.74, 6) is 0.380. The third-order valence-electron chi connectivity index (χ3n) is 3.31. The largest absolute Gasteiger partial charge is 0.338 e. The summed E-state index contributed by atoms with van der Waals surface area (Å²) >= 11 is 5.97. The van der Waals surface area contributed by atoms with E-state index < -0.39 is 9.84 Å². The lowest BCUT2D eigenvalue weighted by Crippen LogP contribution is -2.33. The number of hydrogen-bond donors (Lipinski definition) is 2. The maximum absolute atomic E-state index is 11.7. The Morgan fingerprint density at radius 2 is 2.20 bits per heavy atom. The molecule has 7 heteroatoms. The number of urea groups is 1. The summed E-state index contributed by atoms with van der Waals surface area (Å²) < 4.78 is 22.6. The topological polar surface area (TPSA) is 75.3 Å². The van der Waals surface area contributed by atoms with Crippen LogP contribution in [0, 0.1) is 12.8 Å². The number of anilines is 1. The maximum atomic E-state index is 11.7. The number of carbonyl (C=O) groups excluding carboxylic acids is 1. The van der Waals surface area contributed by atoms with E-state index in [1.165, 1.54) is 0 Å². The molecule has 20 heavy (non-hydrogen) atoms. The van der Waals surface area contributed by atoms with E-state index in [0.29, 0.717) is 23.7 Å². The van der Waals surface area contributed by atoms with Crippen molar-refractivity contribution in [2.45, 2.75) is 13.3 Å². The molecule has 0 radical (unpaired) electrons. The number of carbonyl (C=O) groups is 1. The minimum Gasteiger partial charge on any atom is -0.338 e. The molecule has 0 unspecified atom stereocenters. The molecule has 1 aromatic carbocycles. The molecule has 0 saturated carbocycles. The van der Waals surface area contributed by atoms with Gasteiger partial charge >= 0.3 is 6.03 Å². The summed E-state index contributed by atoms with van der Waals surface area (Å²) in [4.78, 5) is 11.7. The number of nitrogens with one attached hydrogen (secondary N) is 2. The number of hydrogen-bond acceptors (Lipinski definition) is 3. The summed E-state index contributed by atoms with van der Waals surface area (Å²) in [6.45, 7) is 2.25. The highest BCUT2D eigenvalue weighted by Crippen LogP contribution is 2.20. The summed E-state index contributed by atoms with van der Waals surface area (Å²) in [5.41, 5.74) is 1.55. The first-order valence-electron chi connectivity index (χ1n) is 6.37. The van der Waals surface area contributed by atoms with Crippen LogP contribution in [0.15, 0.2) is 18.2 Å². The summed E-state index contributed by atoms with van der Waals surface area (Å²) in [7, 11) is -2.90. The molecule has 0 aliphatic carbocycles. The summed E-state index contributed by atoms with van der Waals surface area (Å²) in [6, 6.07) is 4.91. The minimum absolute atomic E-state index is 0.00681. The predicted molar refractivity (Wildman–Crippen MR) is 80.0 cm³/mol. The molecule has 1 saturated heterocycles. The fraction of sp³-hybridized carbons (Fsp3) is 0.462. The van der Waals surface area contributed by atoms with Crippen LogP contribution in [-0.2, 0) is 9.84 Å². The molecule has 1 atom stereocenters. The Bertz CT molecular complexity index is 616. The molecular weight excluding hydrogens is 300 g/mol. The van der Waals surface area contributed by atoms with Crippen molar-refractivity contribution in [1.82, 2.24) is 5.32 Å². The minimum atomic E-state index is -2.90. The fourth-order valence-corrected chi connectivity index (χ4v) is 4.16. The van der Waals surface area contributed by atoms with Crippen LogP contribution in [0.4, 0.5) is 10.5 Å². The monoisotopic (exact) mass is 316 g/mol. The van der Waals surface area contributed by atoms with Gasteiger partial charge in [0.2, 0.25) is 0 Å². The third-order valence-corrected chi connectivity index (χ3v) is 5.55. The van der Waals surface area contributed by atoms with Gasteiger partial charge in [-0.3, -0.25) is 0 Å². The van der Waals surface area contributed by atoms with Crippen molar-refractivity contribution >= 4 is 33.2 Å². The predicted octanol–water partition coefficient (Wildman–Crippen LogP) is 2.20. The summed E-state index contributed by atoms with van der Waals surface area (Å²) in [5, 5.41) is 5.95. The Balaban J connectivity index is 1.82. The van der Waals surface area contributed by atoms with E-state index in [2.05, 4.69) is 10.6 Å². The molecular formula is C13H17ClN2O3S. The van der Waals surface area contributed by atoms with Gasteiger partial charge in [0.15, 0.2) is 9.84 Å². The second-order valence-electron chi connectivity index (χ2n) is 5.07. The van der Waals surface area contributed by atoms with Gasteiger partial charge in [0.1, 0.15) is 0 Å². The van der Waals surface area contributed by atoms with Crippen molar-refractivity contribution in [2.75, 3.05) is 23.4 Å². The molecule has 1 aromatic rings. The van der Waals surface area contributed by atoms with Crippen LogP contribution in [-0.4, -0.2) is 32.5 Å². The average Bonchev–Trinajstić information content (AvgIpc) is 2.71. The molecule has 2 amide bonds. The van der Waals surface area contributed by atoms with Crippen molar-refractivity contribution in [3.63, 3.8) is 0 Å². The first-order chi connectivity index (χ1) is 9.35. The molecule has 1 aliphatic rings. The van der Waals surface area contributed by atoms with Gasteiger partial charge in [0.05, 0.1) is 11.5 Å². The molecule has 1 fully saturated rings. The Morgan fingerprint density at radius 1 is 1.45 bits per heavy atom. The van der Waals surface area contributed by atoms with Crippen LogP contribution in [0.3, 0.4) is 0 Å². The number of benzene rings is 1. The number of sulfone groups is 1. The highest BCUT2D eigenvalue weighted by molar-refractivity contribution is 7.91. The second kappa shape index (κ2) is 6.01. The van der Waals surface area contributed by atoms with Crippen LogP contribution in [0.1, 0.15) is 12.0 Å². The van der Waals surface area contributed by atoms with Gasteiger partial charge in [-0.25, -0.2) is 13.2 Å². The van der Waals surface area contributed by atoms with E-state index in [4.69, 9.17) is 11.6 Å². The van der Waals surface area contributed by atoms with Crippen molar-refractivity contribution < 1.29 is 13.2 Å². The van der Waals surface area contributed by atoms with Crippen molar-refractivity contribution in [2.24, 2.45) is 5.92 Å². The first kappa shape index (κ1) is 15.1. The standard InChI is InChI=1S/C13H17ClN2O3S/c1-9-2-3-11(6-12(9)14)16-13(17)15-7-10-4-5-20(18,19)8-10/h2-3,6,10H,4-5,7-8H2,1H3,(H2,15,16,17)/t10-/m1/s1. The second-order valence-corrected chi connectivity index (χ2v) is 7.70. The zero-order valence-corrected chi connectivity index (χ0v) is 12.7. The number of aryl methyl sites for hydroxylation is 1. The lowest BCUT2D eigenvalue weighted by atomic mass is 10.1. The highest BCUT2D eigenvalue weighted by atomic mass is 35.5. The van der Waals surface area contributed by atoms with Crippen LogP contribution in [0.2, 0.25) is 5.02 Å². The zero-order valence-electron chi connectivity index (χ0n) is 11.1. The Morgan fingerprint density at radius 3 is 2.80 bits per heavy atom. The van der Waals surface area contributed by atoms with Gasteiger partial charge in [-0.1, -0.05) is 17.7 Å². The van der Waals surface area contributed by atoms with Gasteiger partial charge in [-0.2, -0.15) is 0 Å². The van der Waals surface area contributed by atoms with Gasteiger partial charge in [0, 0.05) is 17.3 Å². The number of amides is 2. The lowest BCUT2D eigenvalue weighted by Gasteiger charge is -2.11. The van der Waals surface area contributed by atoms with Crippen molar-refractivity contribution in [1.29, 1.82) is 0 Å². The van der Waals surface area contributed by atoms with Gasteiger partial charge in [-0.05, 0) is 37.0 Å². The van der Waals surface area contributed by atoms with E-state index >= 15 is 0 Å². The number of rotatable bonds is 3. The molecule has 1 heterocycles. The molecule has 1 aliphatic heterocycles. The van der Waals surface area contributed by atoms with Crippen molar-refractivity contribution in [3.8, 4) is 0 Å². The fourth-order valence-electron chi connectivity index (χ4n) is 2.12. The van der Waals surface area contributed by atoms with Crippen LogP contribution < -0.4 is 10.6 Å². The molecule has 0 spiro atoms. The normalized spacial score (nSPS) is 20.6. The van der Waals surface area contributed by atoms with Gasteiger partial charge in [-0.15, -0.1) is 0 Å². The number of halogens is 1. The molecule has 110 valence electrons. The lowest BCUT2D eigenvalue weighted by molar-refractivity contribution is 0.250. The van der Waals surface area contributed by atoms with E-state index in [0.717, 1.165) is 5.56 Å². The van der Waals surface area contributed by atoms with E-state index in [1.54, 1.807) is 12.1 Å². The van der Waals surface area contributed by atoms with E-state index in [-0.39, 0.29) is 23.5 Å². The third kappa shape index (κ3) is 4.11. The molecule has 0 aromatic heterocycles. The Labute approximate surface area is 123 Å². The Hall–Kier alpha value is -1.27. The zero-order chi connectivity index (χ0) is 14.8. The smallest absolute Gasteiger partial charge is 0.319 e. The van der Waals surface area contributed by atoms with E-state index in [1.807, 2.05) is 13.0 Å².